The third-order valence-electron chi connectivity index (χ3n) is 3.15. The van der Waals surface area contributed by atoms with Gasteiger partial charge in [-0.15, -0.1) is 0 Å². The van der Waals surface area contributed by atoms with Crippen LogP contribution in [0.1, 0.15) is 16.7 Å². The predicted molar refractivity (Wildman–Crippen MR) is 78.2 cm³/mol. The number of hydrogen-bond donors (Lipinski definition) is 0. The molecule has 21 heavy (non-hydrogen) atoms. The number of aryl methyl sites for hydroxylation is 1. The molecule has 0 fully saturated rings. The third kappa shape index (κ3) is 2.74. The summed E-state index contributed by atoms with van der Waals surface area (Å²) in [5.74, 6) is -0.614. The molecule has 0 atom stereocenters. The van der Waals surface area contributed by atoms with Gasteiger partial charge in [0.2, 0.25) is 5.90 Å². The van der Waals surface area contributed by atoms with Crippen LogP contribution in [0.15, 0.2) is 59.2 Å². The van der Waals surface area contributed by atoms with Crippen molar-refractivity contribution in [3.8, 4) is 0 Å². The number of rotatable bonds is 2. The molecule has 1 heterocycles. The summed E-state index contributed by atoms with van der Waals surface area (Å²) in [7, 11) is 0. The maximum absolute atomic E-state index is 13.2. The molecular formula is C17H12FNO2. The van der Waals surface area contributed by atoms with Crippen LogP contribution in [0.3, 0.4) is 0 Å². The van der Waals surface area contributed by atoms with Gasteiger partial charge in [-0.25, -0.2) is 14.2 Å². The molecule has 3 nitrogen and oxygen atoms in total. The number of hydrogen-bond acceptors (Lipinski definition) is 3. The highest BCUT2D eigenvalue weighted by molar-refractivity contribution is 6.13. The van der Waals surface area contributed by atoms with Crippen LogP contribution in [-0.4, -0.2) is 11.9 Å². The van der Waals surface area contributed by atoms with Crippen LogP contribution in [0, 0.1) is 12.7 Å². The zero-order valence-corrected chi connectivity index (χ0v) is 11.3. The number of ether oxygens (including phenoxy) is 1. The van der Waals surface area contributed by atoms with Gasteiger partial charge in [0.15, 0.2) is 5.70 Å². The van der Waals surface area contributed by atoms with E-state index in [9.17, 15) is 9.18 Å². The minimum absolute atomic E-state index is 0.166. The Bertz CT molecular complexity index is 778. The van der Waals surface area contributed by atoms with E-state index in [-0.39, 0.29) is 17.4 Å². The summed E-state index contributed by atoms with van der Waals surface area (Å²) in [6.45, 7) is 1.92. The highest BCUT2D eigenvalue weighted by Gasteiger charge is 2.24. The van der Waals surface area contributed by atoms with Crippen LogP contribution in [0.25, 0.3) is 6.08 Å². The first-order valence-electron chi connectivity index (χ1n) is 6.47. The van der Waals surface area contributed by atoms with E-state index < -0.39 is 5.97 Å². The first-order valence-corrected chi connectivity index (χ1v) is 6.47. The van der Waals surface area contributed by atoms with E-state index in [0.717, 1.165) is 11.1 Å². The summed E-state index contributed by atoms with van der Waals surface area (Å²) in [6.07, 6.45) is 1.51. The molecule has 0 aromatic heterocycles. The lowest BCUT2D eigenvalue weighted by Gasteiger charge is -2.02. The van der Waals surface area contributed by atoms with Gasteiger partial charge in [-0.1, -0.05) is 30.3 Å². The molecule has 0 N–H and O–H groups in total. The Morgan fingerprint density at radius 1 is 1.14 bits per heavy atom. The zero-order valence-electron chi connectivity index (χ0n) is 11.3. The molecule has 0 amide bonds. The summed E-state index contributed by atoms with van der Waals surface area (Å²) in [4.78, 5) is 16.1. The maximum Gasteiger partial charge on any atom is 0.363 e. The van der Waals surface area contributed by atoms with Crippen molar-refractivity contribution in [3.05, 3.63) is 76.7 Å². The summed E-state index contributed by atoms with van der Waals surface area (Å²) in [5.41, 5.74) is 2.47. The van der Waals surface area contributed by atoms with Crippen molar-refractivity contribution >= 4 is 17.9 Å². The largest absolute Gasteiger partial charge is 0.402 e. The molecule has 0 saturated heterocycles. The van der Waals surface area contributed by atoms with Crippen molar-refractivity contribution in [2.75, 3.05) is 0 Å². The summed E-state index contributed by atoms with van der Waals surface area (Å²) >= 11 is 0. The first kappa shape index (κ1) is 13.2. The fourth-order valence-corrected chi connectivity index (χ4v) is 2.09. The van der Waals surface area contributed by atoms with Gasteiger partial charge in [-0.05, 0) is 42.3 Å². The molecule has 0 saturated carbocycles. The minimum atomic E-state index is -0.530. The molecule has 0 radical (unpaired) electrons. The number of nitrogens with zero attached hydrogens (tertiary/aromatic N) is 1. The number of halogens is 1. The van der Waals surface area contributed by atoms with Gasteiger partial charge < -0.3 is 4.74 Å². The number of carbonyl (C=O) groups excluding carboxylic acids is 1. The number of carbonyl (C=O) groups is 1. The number of esters is 1. The average molecular weight is 281 g/mol. The van der Waals surface area contributed by atoms with E-state index in [1.54, 1.807) is 12.1 Å². The van der Waals surface area contributed by atoms with Crippen molar-refractivity contribution in [1.82, 2.24) is 0 Å². The molecule has 4 heteroatoms. The predicted octanol–water partition coefficient (Wildman–Crippen LogP) is 3.48. The van der Waals surface area contributed by atoms with Gasteiger partial charge in [-0.3, -0.25) is 0 Å². The smallest absolute Gasteiger partial charge is 0.363 e. The molecule has 3 rings (SSSR count). The first-order chi connectivity index (χ1) is 10.1. The Hall–Kier alpha value is -2.75. The summed E-state index contributed by atoms with van der Waals surface area (Å²) in [5, 5.41) is 0. The van der Waals surface area contributed by atoms with Crippen molar-refractivity contribution < 1.29 is 13.9 Å². The van der Waals surface area contributed by atoms with E-state index in [1.807, 2.05) is 31.2 Å². The molecule has 104 valence electrons. The fourth-order valence-electron chi connectivity index (χ4n) is 2.09. The Morgan fingerprint density at radius 2 is 1.95 bits per heavy atom. The van der Waals surface area contributed by atoms with Crippen molar-refractivity contribution in [3.63, 3.8) is 0 Å². The van der Waals surface area contributed by atoms with E-state index in [1.165, 1.54) is 18.2 Å². The quantitative estimate of drug-likeness (QED) is 0.624. The molecule has 0 bridgehead atoms. The normalized spacial score (nSPS) is 16.0. The fraction of sp³-hybridized carbons (Fsp3) is 0.0588. The van der Waals surface area contributed by atoms with Crippen LogP contribution in [0.5, 0.6) is 0 Å². The van der Waals surface area contributed by atoms with E-state index in [4.69, 9.17) is 4.74 Å². The molecule has 1 aliphatic rings. The maximum atomic E-state index is 13.2. The number of benzene rings is 2. The topological polar surface area (TPSA) is 38.7 Å². The van der Waals surface area contributed by atoms with Crippen LogP contribution < -0.4 is 0 Å². The molecule has 1 aliphatic heterocycles. The van der Waals surface area contributed by atoms with Crippen LogP contribution >= 0.6 is 0 Å². The highest BCUT2D eigenvalue weighted by Crippen LogP contribution is 2.21. The van der Waals surface area contributed by atoms with Gasteiger partial charge in [0, 0.05) is 5.56 Å². The Kier molecular flexibility index (Phi) is 3.36. The summed E-state index contributed by atoms with van der Waals surface area (Å²) < 4.78 is 18.3. The van der Waals surface area contributed by atoms with Gasteiger partial charge in [0.1, 0.15) is 5.82 Å². The lowest BCUT2D eigenvalue weighted by molar-refractivity contribution is -0.129. The molecule has 0 aliphatic carbocycles. The van der Waals surface area contributed by atoms with Gasteiger partial charge in [0.25, 0.3) is 0 Å². The molecular weight excluding hydrogens is 269 g/mol. The second-order valence-electron chi connectivity index (χ2n) is 4.71. The monoisotopic (exact) mass is 281 g/mol. The van der Waals surface area contributed by atoms with E-state index in [0.29, 0.717) is 5.56 Å². The van der Waals surface area contributed by atoms with Crippen molar-refractivity contribution in [2.24, 2.45) is 4.99 Å². The Balaban J connectivity index is 1.98. The van der Waals surface area contributed by atoms with Crippen LogP contribution in [-0.2, 0) is 9.53 Å². The highest BCUT2D eigenvalue weighted by atomic mass is 19.1. The van der Waals surface area contributed by atoms with Gasteiger partial charge in [0.05, 0.1) is 0 Å². The lowest BCUT2D eigenvalue weighted by Crippen LogP contribution is -2.06. The van der Waals surface area contributed by atoms with Gasteiger partial charge >= 0.3 is 5.97 Å². The molecule has 2 aromatic carbocycles. The second kappa shape index (κ2) is 5.32. The van der Waals surface area contributed by atoms with Crippen molar-refractivity contribution in [1.29, 1.82) is 0 Å². The Labute approximate surface area is 121 Å². The minimum Gasteiger partial charge on any atom is -0.402 e. The zero-order chi connectivity index (χ0) is 14.8. The Morgan fingerprint density at radius 3 is 2.71 bits per heavy atom. The van der Waals surface area contributed by atoms with Gasteiger partial charge in [-0.2, -0.15) is 0 Å². The average Bonchev–Trinajstić information content (AvgIpc) is 2.80. The lowest BCUT2D eigenvalue weighted by atomic mass is 10.1. The van der Waals surface area contributed by atoms with Crippen LogP contribution in [0.2, 0.25) is 0 Å². The number of cyclic esters (lactones) is 1. The SMILES string of the molecule is Cc1ccccc1C1=N/C(=C/c2cccc(F)c2)C(=O)O1. The molecule has 0 unspecified atom stereocenters. The third-order valence-corrected chi connectivity index (χ3v) is 3.15. The standard InChI is InChI=1S/C17H12FNO2/c1-11-5-2-3-8-14(11)16-19-15(17(20)21-16)10-12-6-4-7-13(18)9-12/h2-10H,1H3/b15-10+. The van der Waals surface area contributed by atoms with E-state index in [2.05, 4.69) is 4.99 Å². The molecule has 0 spiro atoms. The van der Waals surface area contributed by atoms with E-state index >= 15 is 0 Å². The second-order valence-corrected chi connectivity index (χ2v) is 4.71. The number of aliphatic imine (C=N–C) groups is 1. The summed E-state index contributed by atoms with van der Waals surface area (Å²) in [6, 6.07) is 13.5. The van der Waals surface area contributed by atoms with Crippen molar-refractivity contribution in [2.45, 2.75) is 6.92 Å². The molecule has 2 aromatic rings. The van der Waals surface area contributed by atoms with Crippen LogP contribution in [0.4, 0.5) is 4.39 Å².